The van der Waals surface area contributed by atoms with Gasteiger partial charge in [0.25, 0.3) is 0 Å². The van der Waals surface area contributed by atoms with Gasteiger partial charge in [0, 0.05) is 24.1 Å². The van der Waals surface area contributed by atoms with E-state index in [-0.39, 0.29) is 5.41 Å². The molecule has 0 aliphatic rings. The summed E-state index contributed by atoms with van der Waals surface area (Å²) in [6.07, 6.45) is 0. The monoisotopic (exact) mass is 286 g/mol. The van der Waals surface area contributed by atoms with Crippen molar-refractivity contribution in [2.24, 2.45) is 7.05 Å². The average molecular weight is 286 g/mol. The lowest BCUT2D eigenvalue weighted by molar-refractivity contribution is 0.587. The molecule has 0 saturated carbocycles. The van der Waals surface area contributed by atoms with Gasteiger partial charge in [-0.25, -0.2) is 4.98 Å². The van der Waals surface area contributed by atoms with Crippen LogP contribution in [0.2, 0.25) is 0 Å². The molecule has 0 saturated heterocycles. The van der Waals surface area contributed by atoms with Gasteiger partial charge in [0.1, 0.15) is 5.82 Å². The average Bonchev–Trinajstić information content (AvgIpc) is 2.93. The van der Waals surface area contributed by atoms with Crippen LogP contribution < -0.4 is 5.73 Å². The van der Waals surface area contributed by atoms with Gasteiger partial charge in [0.05, 0.1) is 20.9 Å². The van der Waals surface area contributed by atoms with E-state index in [4.69, 9.17) is 10.7 Å². The number of aryl methyl sites for hydroxylation is 1. The number of aromatic nitrogens is 3. The molecular weight excluding hydrogens is 268 g/mol. The molecule has 1 aromatic carbocycles. The van der Waals surface area contributed by atoms with Crippen LogP contribution in [-0.2, 0) is 12.5 Å². The van der Waals surface area contributed by atoms with Gasteiger partial charge in [0.2, 0.25) is 0 Å². The number of nitrogens with zero attached hydrogens (tertiary/aromatic N) is 3. The third-order valence-corrected chi connectivity index (χ3v) is 4.70. The largest absolute Gasteiger partial charge is 0.384 e. The van der Waals surface area contributed by atoms with Crippen molar-refractivity contribution in [3.05, 3.63) is 29.3 Å². The SMILES string of the molecule is Cn1nc(-c2cccc3sc(C(C)(C)C)nc23)cc1N. The van der Waals surface area contributed by atoms with Crippen LogP contribution in [0.5, 0.6) is 0 Å². The highest BCUT2D eigenvalue weighted by atomic mass is 32.1. The molecule has 3 aromatic rings. The zero-order chi connectivity index (χ0) is 14.5. The van der Waals surface area contributed by atoms with E-state index in [0.29, 0.717) is 5.82 Å². The van der Waals surface area contributed by atoms with Crippen LogP contribution in [-0.4, -0.2) is 14.8 Å². The molecule has 0 atom stereocenters. The second-order valence-electron chi connectivity index (χ2n) is 6.00. The van der Waals surface area contributed by atoms with Crippen molar-refractivity contribution in [2.75, 3.05) is 5.73 Å². The Morgan fingerprint density at radius 2 is 2.00 bits per heavy atom. The van der Waals surface area contributed by atoms with E-state index < -0.39 is 0 Å². The molecule has 0 spiro atoms. The number of nitrogens with two attached hydrogens (primary N) is 1. The van der Waals surface area contributed by atoms with Crippen LogP contribution in [0.1, 0.15) is 25.8 Å². The molecule has 5 heteroatoms. The summed E-state index contributed by atoms with van der Waals surface area (Å²) in [5.74, 6) is 0.656. The summed E-state index contributed by atoms with van der Waals surface area (Å²) < 4.78 is 2.88. The molecule has 3 rings (SSSR count). The zero-order valence-electron chi connectivity index (χ0n) is 12.1. The first-order valence-electron chi connectivity index (χ1n) is 6.56. The molecule has 0 aliphatic carbocycles. The summed E-state index contributed by atoms with van der Waals surface area (Å²) in [6, 6.07) is 8.10. The van der Waals surface area contributed by atoms with Gasteiger partial charge < -0.3 is 5.73 Å². The van der Waals surface area contributed by atoms with Crippen molar-refractivity contribution < 1.29 is 0 Å². The maximum absolute atomic E-state index is 5.88. The molecular formula is C15H18N4S. The third kappa shape index (κ3) is 2.08. The topological polar surface area (TPSA) is 56.7 Å². The molecule has 20 heavy (non-hydrogen) atoms. The van der Waals surface area contributed by atoms with Crippen LogP contribution in [0.15, 0.2) is 24.3 Å². The third-order valence-electron chi connectivity index (χ3n) is 3.25. The summed E-state index contributed by atoms with van der Waals surface area (Å²) in [6.45, 7) is 6.55. The number of hydrogen-bond donors (Lipinski definition) is 1. The Hall–Kier alpha value is -1.88. The van der Waals surface area contributed by atoms with Crippen molar-refractivity contribution in [3.8, 4) is 11.3 Å². The first kappa shape index (κ1) is 13.1. The Balaban J connectivity index is 2.23. The van der Waals surface area contributed by atoms with Gasteiger partial charge in [-0.05, 0) is 6.07 Å². The second kappa shape index (κ2) is 4.31. The summed E-state index contributed by atoms with van der Waals surface area (Å²) in [5.41, 5.74) is 8.87. The predicted molar refractivity (Wildman–Crippen MR) is 84.9 cm³/mol. The van der Waals surface area contributed by atoms with E-state index in [1.807, 2.05) is 19.2 Å². The Bertz CT molecular complexity index is 757. The van der Waals surface area contributed by atoms with Crippen LogP contribution in [0.25, 0.3) is 21.5 Å². The highest BCUT2D eigenvalue weighted by Crippen LogP contribution is 2.35. The minimum absolute atomic E-state index is 0.0596. The predicted octanol–water partition coefficient (Wildman–Crippen LogP) is 3.58. The fourth-order valence-electron chi connectivity index (χ4n) is 2.09. The van der Waals surface area contributed by atoms with Crippen molar-refractivity contribution in [2.45, 2.75) is 26.2 Å². The van der Waals surface area contributed by atoms with E-state index in [1.165, 1.54) is 4.70 Å². The molecule has 0 fully saturated rings. The van der Waals surface area contributed by atoms with Gasteiger partial charge in [-0.3, -0.25) is 4.68 Å². The number of hydrogen-bond acceptors (Lipinski definition) is 4. The van der Waals surface area contributed by atoms with Gasteiger partial charge >= 0.3 is 0 Å². The van der Waals surface area contributed by atoms with Gasteiger partial charge in [-0.2, -0.15) is 5.10 Å². The first-order chi connectivity index (χ1) is 9.36. The fraction of sp³-hybridized carbons (Fsp3) is 0.333. The summed E-state index contributed by atoms with van der Waals surface area (Å²) in [7, 11) is 1.85. The maximum Gasteiger partial charge on any atom is 0.121 e. The molecule has 0 bridgehead atoms. The molecule has 104 valence electrons. The standard InChI is InChI=1S/C15H18N4S/c1-15(2,3)14-17-13-9(6-5-7-11(13)20-14)10-8-12(16)19(4)18-10/h5-8H,16H2,1-4H3. The van der Waals surface area contributed by atoms with E-state index in [2.05, 4.69) is 38.0 Å². The molecule has 0 radical (unpaired) electrons. The quantitative estimate of drug-likeness (QED) is 0.744. The normalized spacial score (nSPS) is 12.2. The van der Waals surface area contributed by atoms with Gasteiger partial charge in [-0.15, -0.1) is 11.3 Å². The molecule has 2 N–H and O–H groups in total. The summed E-state index contributed by atoms with van der Waals surface area (Å²) in [4.78, 5) is 4.83. The number of benzene rings is 1. The summed E-state index contributed by atoms with van der Waals surface area (Å²) >= 11 is 1.75. The Kier molecular flexibility index (Phi) is 2.83. The lowest BCUT2D eigenvalue weighted by Gasteiger charge is -2.13. The van der Waals surface area contributed by atoms with Crippen molar-refractivity contribution in [1.82, 2.24) is 14.8 Å². The van der Waals surface area contributed by atoms with Crippen LogP contribution >= 0.6 is 11.3 Å². The van der Waals surface area contributed by atoms with Crippen molar-refractivity contribution in [1.29, 1.82) is 0 Å². The smallest absolute Gasteiger partial charge is 0.121 e. The number of fused-ring (bicyclic) bond motifs is 1. The molecule has 0 amide bonds. The van der Waals surface area contributed by atoms with Crippen LogP contribution in [0.4, 0.5) is 5.82 Å². The Morgan fingerprint density at radius 3 is 2.60 bits per heavy atom. The lowest BCUT2D eigenvalue weighted by atomic mass is 9.98. The molecule has 0 unspecified atom stereocenters. The van der Waals surface area contributed by atoms with Crippen molar-refractivity contribution in [3.63, 3.8) is 0 Å². The number of rotatable bonds is 1. The van der Waals surface area contributed by atoms with Crippen LogP contribution in [0, 0.1) is 0 Å². The number of nitrogen functional groups attached to an aromatic ring is 1. The molecule has 2 heterocycles. The highest BCUT2D eigenvalue weighted by Gasteiger charge is 2.20. The van der Waals surface area contributed by atoms with Crippen LogP contribution in [0.3, 0.4) is 0 Å². The highest BCUT2D eigenvalue weighted by molar-refractivity contribution is 7.18. The summed E-state index contributed by atoms with van der Waals surface area (Å²) in [5, 5.41) is 5.60. The number of anilines is 1. The van der Waals surface area contributed by atoms with Crippen molar-refractivity contribution >= 4 is 27.4 Å². The zero-order valence-corrected chi connectivity index (χ0v) is 13.0. The number of thiazole rings is 1. The second-order valence-corrected chi connectivity index (χ2v) is 7.03. The Morgan fingerprint density at radius 1 is 1.25 bits per heavy atom. The lowest BCUT2D eigenvalue weighted by Crippen LogP contribution is -2.09. The minimum Gasteiger partial charge on any atom is -0.384 e. The molecule has 2 aromatic heterocycles. The van der Waals surface area contributed by atoms with E-state index >= 15 is 0 Å². The number of para-hydroxylation sites is 1. The first-order valence-corrected chi connectivity index (χ1v) is 7.38. The van der Waals surface area contributed by atoms with E-state index in [0.717, 1.165) is 21.8 Å². The molecule has 4 nitrogen and oxygen atoms in total. The molecule has 0 aliphatic heterocycles. The van der Waals surface area contributed by atoms with Gasteiger partial charge in [-0.1, -0.05) is 32.9 Å². The fourth-order valence-corrected chi connectivity index (χ4v) is 3.14. The van der Waals surface area contributed by atoms with E-state index in [1.54, 1.807) is 16.0 Å². The van der Waals surface area contributed by atoms with Gasteiger partial charge in [0.15, 0.2) is 0 Å². The Labute approximate surface area is 122 Å². The minimum atomic E-state index is 0.0596. The maximum atomic E-state index is 5.88. The van der Waals surface area contributed by atoms with E-state index in [9.17, 15) is 0 Å².